The summed E-state index contributed by atoms with van der Waals surface area (Å²) < 4.78 is -1.02. The summed E-state index contributed by atoms with van der Waals surface area (Å²) in [5.41, 5.74) is 0. The van der Waals surface area contributed by atoms with Crippen LogP contribution >= 0.6 is 23.2 Å². The number of rotatable bonds is 2. The number of carbonyl (C=O) groups excluding carboxylic acids is 1. The van der Waals surface area contributed by atoms with Crippen LogP contribution < -0.4 is 0 Å². The Labute approximate surface area is 73.3 Å². The molecule has 0 rings (SSSR count). The summed E-state index contributed by atoms with van der Waals surface area (Å²) in [6, 6.07) is 0. The molecule has 0 aliphatic carbocycles. The Morgan fingerprint density at radius 2 is 2.00 bits per heavy atom. The molecule has 10 heavy (non-hydrogen) atoms. The van der Waals surface area contributed by atoms with Crippen molar-refractivity contribution in [3.8, 4) is 0 Å². The molecule has 0 aromatic carbocycles. The van der Waals surface area contributed by atoms with E-state index in [-0.39, 0.29) is 5.91 Å². The fourth-order valence-corrected chi connectivity index (χ4v) is 1.10. The van der Waals surface area contributed by atoms with Gasteiger partial charge in [-0.25, -0.2) is 0 Å². The third-order valence-corrected chi connectivity index (χ3v) is 3.77. The lowest BCUT2D eigenvalue weighted by atomic mass is 10.6. The minimum atomic E-state index is -1.02. The van der Waals surface area contributed by atoms with Gasteiger partial charge in [-0.2, -0.15) is 0 Å². The quantitative estimate of drug-likeness (QED) is 0.372. The van der Waals surface area contributed by atoms with Gasteiger partial charge in [0, 0.05) is 14.0 Å². The van der Waals surface area contributed by atoms with E-state index in [0.717, 1.165) is 0 Å². The van der Waals surface area contributed by atoms with Crippen LogP contribution in [0.2, 0.25) is 6.55 Å². The molecule has 0 heterocycles. The lowest BCUT2D eigenvalue weighted by Gasteiger charge is -2.28. The summed E-state index contributed by atoms with van der Waals surface area (Å²) in [6.07, 6.45) is 0. The van der Waals surface area contributed by atoms with Crippen molar-refractivity contribution in [3.05, 3.63) is 0 Å². The van der Waals surface area contributed by atoms with E-state index in [4.69, 9.17) is 23.2 Å². The molecule has 0 fully saturated rings. The van der Waals surface area contributed by atoms with Crippen LogP contribution in [0, 0.1) is 0 Å². The molecule has 0 aromatic rings. The van der Waals surface area contributed by atoms with Crippen molar-refractivity contribution in [1.29, 1.82) is 0 Å². The molecule has 0 spiro atoms. The van der Waals surface area contributed by atoms with Gasteiger partial charge >= 0.3 is 0 Å². The van der Waals surface area contributed by atoms with E-state index in [9.17, 15) is 4.79 Å². The fraction of sp³-hybridized carbons (Fsp3) is 0.800. The van der Waals surface area contributed by atoms with Gasteiger partial charge in [-0.15, -0.1) is 0 Å². The Hall–Kier alpha value is 0.267. The Bertz CT molecular complexity index is 140. The van der Waals surface area contributed by atoms with Crippen LogP contribution in [0.3, 0.4) is 0 Å². The van der Waals surface area contributed by atoms with Gasteiger partial charge in [-0.1, -0.05) is 29.7 Å². The minimum absolute atomic E-state index is 0.126. The molecule has 2 nitrogen and oxygen atoms in total. The van der Waals surface area contributed by atoms with Crippen LogP contribution in [0.4, 0.5) is 0 Å². The van der Waals surface area contributed by atoms with Gasteiger partial charge in [0.15, 0.2) is 4.08 Å². The van der Waals surface area contributed by atoms with Crippen molar-refractivity contribution in [3.63, 3.8) is 0 Å². The van der Waals surface area contributed by atoms with Gasteiger partial charge in [0.05, 0.1) is 0 Å². The SMILES string of the molecule is C[Si]C(Cl)(Cl)N(C)C(C)=O. The molecule has 0 saturated heterocycles. The van der Waals surface area contributed by atoms with Crippen LogP contribution in [0.5, 0.6) is 0 Å². The number of halogens is 2. The third kappa shape index (κ3) is 2.48. The molecule has 0 N–H and O–H groups in total. The Morgan fingerprint density at radius 1 is 1.60 bits per heavy atom. The second kappa shape index (κ2) is 3.60. The molecule has 0 saturated carbocycles. The second-order valence-electron chi connectivity index (χ2n) is 1.87. The van der Waals surface area contributed by atoms with E-state index in [1.807, 2.05) is 6.55 Å². The van der Waals surface area contributed by atoms with Gasteiger partial charge in [0.2, 0.25) is 5.91 Å². The summed E-state index contributed by atoms with van der Waals surface area (Å²) in [5, 5.41) is 0. The number of carbonyl (C=O) groups is 1. The topological polar surface area (TPSA) is 20.3 Å². The Kier molecular flexibility index (Phi) is 3.69. The maximum Gasteiger partial charge on any atom is 0.221 e. The van der Waals surface area contributed by atoms with Gasteiger partial charge in [-0.05, 0) is 0 Å². The van der Waals surface area contributed by atoms with E-state index in [1.54, 1.807) is 7.05 Å². The molecular formula is C5H9Cl2NOSi. The number of amides is 1. The zero-order chi connectivity index (χ0) is 8.36. The average molecular weight is 198 g/mol. The molecule has 0 unspecified atom stereocenters. The van der Waals surface area contributed by atoms with E-state index in [1.165, 1.54) is 11.8 Å². The second-order valence-corrected chi connectivity index (χ2v) is 5.01. The lowest BCUT2D eigenvalue weighted by Crippen LogP contribution is -2.43. The predicted molar refractivity (Wildman–Crippen MR) is 44.5 cm³/mol. The standard InChI is InChI=1S/C5H9Cl2NOSi/c1-4(9)8(2)5(6,7)10-3/h1-3H3. The number of hydrogen-bond acceptors (Lipinski definition) is 1. The van der Waals surface area contributed by atoms with Crippen LogP contribution in [0.1, 0.15) is 6.92 Å². The van der Waals surface area contributed by atoms with Crippen LogP contribution in [-0.2, 0) is 4.79 Å². The summed E-state index contributed by atoms with van der Waals surface area (Å²) >= 11 is 11.5. The highest BCUT2D eigenvalue weighted by atomic mass is 35.5. The molecule has 0 aliphatic rings. The van der Waals surface area contributed by atoms with E-state index >= 15 is 0 Å². The molecule has 0 aromatic heterocycles. The maximum absolute atomic E-state index is 10.7. The largest absolute Gasteiger partial charge is 0.318 e. The number of nitrogens with zero attached hydrogens (tertiary/aromatic N) is 1. The summed E-state index contributed by atoms with van der Waals surface area (Å²) in [6.45, 7) is 3.28. The Balaban J connectivity index is 4.17. The van der Waals surface area contributed by atoms with E-state index in [0.29, 0.717) is 9.52 Å². The van der Waals surface area contributed by atoms with Crippen molar-refractivity contribution in [2.24, 2.45) is 0 Å². The lowest BCUT2D eigenvalue weighted by molar-refractivity contribution is -0.127. The third-order valence-electron chi connectivity index (χ3n) is 1.19. The van der Waals surface area contributed by atoms with E-state index < -0.39 is 4.08 Å². The molecule has 58 valence electrons. The van der Waals surface area contributed by atoms with E-state index in [2.05, 4.69) is 0 Å². The molecule has 0 bridgehead atoms. The average Bonchev–Trinajstić information content (AvgIpc) is 1.86. The molecule has 5 heteroatoms. The summed E-state index contributed by atoms with van der Waals surface area (Å²) in [7, 11) is 1.88. The van der Waals surface area contributed by atoms with Gasteiger partial charge < -0.3 is 4.90 Å². The van der Waals surface area contributed by atoms with Crippen molar-refractivity contribution in [2.75, 3.05) is 7.05 Å². The molecular weight excluding hydrogens is 189 g/mol. The van der Waals surface area contributed by atoms with Gasteiger partial charge in [0.25, 0.3) is 0 Å². The molecule has 0 atom stereocenters. The summed E-state index contributed by atoms with van der Waals surface area (Å²) in [4.78, 5) is 12.0. The monoisotopic (exact) mass is 197 g/mol. The highest BCUT2D eigenvalue weighted by Crippen LogP contribution is 2.22. The predicted octanol–water partition coefficient (Wildman–Crippen LogP) is 1.31. The first-order chi connectivity index (χ1) is 4.41. The molecule has 2 radical (unpaired) electrons. The van der Waals surface area contributed by atoms with Crippen molar-refractivity contribution in [2.45, 2.75) is 17.6 Å². The van der Waals surface area contributed by atoms with Gasteiger partial charge in [-0.3, -0.25) is 4.79 Å². The molecule has 1 amide bonds. The number of alkyl halides is 2. The Morgan fingerprint density at radius 3 is 2.10 bits per heavy atom. The van der Waals surface area contributed by atoms with Crippen LogP contribution in [-0.4, -0.2) is 31.5 Å². The highest BCUT2D eigenvalue weighted by Gasteiger charge is 2.28. The number of hydrogen-bond donors (Lipinski definition) is 0. The summed E-state index contributed by atoms with van der Waals surface area (Å²) in [5.74, 6) is -0.126. The zero-order valence-electron chi connectivity index (χ0n) is 6.11. The first-order valence-electron chi connectivity index (χ1n) is 2.73. The highest BCUT2D eigenvalue weighted by molar-refractivity contribution is 6.72. The van der Waals surface area contributed by atoms with Crippen molar-refractivity contribution in [1.82, 2.24) is 4.90 Å². The van der Waals surface area contributed by atoms with Crippen LogP contribution in [0.15, 0.2) is 0 Å². The first kappa shape index (κ1) is 10.3. The zero-order valence-corrected chi connectivity index (χ0v) is 8.62. The fourth-order valence-electron chi connectivity index (χ4n) is 0.365. The minimum Gasteiger partial charge on any atom is -0.318 e. The van der Waals surface area contributed by atoms with Crippen molar-refractivity contribution < 1.29 is 4.79 Å². The van der Waals surface area contributed by atoms with Crippen LogP contribution in [0.25, 0.3) is 0 Å². The smallest absolute Gasteiger partial charge is 0.221 e. The van der Waals surface area contributed by atoms with Crippen molar-refractivity contribution >= 4 is 38.6 Å². The van der Waals surface area contributed by atoms with Gasteiger partial charge in [0.1, 0.15) is 9.52 Å². The first-order valence-corrected chi connectivity index (χ1v) is 4.98. The molecule has 0 aliphatic heterocycles. The normalized spacial score (nSPS) is 11.3. The maximum atomic E-state index is 10.7.